The van der Waals surface area contributed by atoms with E-state index in [0.29, 0.717) is 119 Å². The topological polar surface area (TPSA) is 426 Å². The minimum Gasteiger partial charge on any atom is -0.460 e. The lowest BCUT2D eigenvalue weighted by atomic mass is 10.0. The Morgan fingerprint density at radius 1 is 0.272 bits per heavy atom. The van der Waals surface area contributed by atoms with E-state index in [4.69, 9.17) is 37.9 Å². The molecule has 0 aliphatic carbocycles. The van der Waals surface area contributed by atoms with Gasteiger partial charge in [-0.25, -0.2) is 38.4 Å². The molecule has 0 aromatic rings. The molecule has 0 rings (SSSR count). The van der Waals surface area contributed by atoms with Crippen LogP contribution in [0, 0.1) is 0 Å². The summed E-state index contributed by atoms with van der Waals surface area (Å²) in [5.41, 5.74) is -2.77. The van der Waals surface area contributed by atoms with Crippen LogP contribution in [0.5, 0.6) is 0 Å². The number of Topliss-reactive ketones (excluding diaryl/α,β-unsaturated/α-hetero) is 2. The van der Waals surface area contributed by atoms with E-state index < -0.39 is 149 Å². The van der Waals surface area contributed by atoms with Crippen LogP contribution < -0.4 is 42.5 Å². The maximum absolute atomic E-state index is 13.3. The minimum atomic E-state index is -1.35. The molecule has 0 aromatic heterocycles. The van der Waals surface area contributed by atoms with Gasteiger partial charge in [0.25, 0.3) is 0 Å². The number of unbranched alkanes of at least 4 members (excludes halogenated alkanes) is 6. The van der Waals surface area contributed by atoms with Crippen LogP contribution >= 0.6 is 0 Å². The van der Waals surface area contributed by atoms with Crippen molar-refractivity contribution in [2.75, 3.05) is 26.3 Å². The molecule has 0 fully saturated rings. The molecular weight excluding hydrogens is 1480 g/mol. The van der Waals surface area contributed by atoms with Crippen LogP contribution in [-0.2, 0) is 95.4 Å². The zero-order valence-electron chi connectivity index (χ0n) is 72.7. The van der Waals surface area contributed by atoms with E-state index in [1.54, 1.807) is 152 Å². The Bertz CT molecular complexity index is 3330. The van der Waals surface area contributed by atoms with Gasteiger partial charge in [-0.15, -0.1) is 0 Å². The van der Waals surface area contributed by atoms with Crippen molar-refractivity contribution in [3.8, 4) is 0 Å². The Labute approximate surface area is 676 Å². The highest BCUT2D eigenvalue weighted by molar-refractivity contribution is 5.96. The first-order valence-corrected chi connectivity index (χ1v) is 38.4. The molecule has 0 bridgehead atoms. The van der Waals surface area contributed by atoms with E-state index in [1.807, 2.05) is 0 Å². The average molecular weight is 1620 g/mol. The zero-order chi connectivity index (χ0) is 89.0. The second-order valence-electron chi connectivity index (χ2n) is 33.8. The number of alkyl carbamates (subject to hydrolysis) is 3. The molecule has 0 aliphatic rings. The summed E-state index contributed by atoms with van der Waals surface area (Å²) in [7, 11) is 0. The van der Waals surface area contributed by atoms with E-state index in [0.717, 1.165) is 0 Å². The molecular formula is C83H138N8O23. The Morgan fingerprint density at radius 2 is 0.518 bits per heavy atom. The first kappa shape index (κ1) is 108. The van der Waals surface area contributed by atoms with Gasteiger partial charge in [0.1, 0.15) is 77.0 Å². The summed E-state index contributed by atoms with van der Waals surface area (Å²) in [6, 6.07) is -6.66. The van der Waals surface area contributed by atoms with E-state index in [-0.39, 0.29) is 53.8 Å². The average Bonchev–Trinajstić information content (AvgIpc) is 0.851. The van der Waals surface area contributed by atoms with E-state index in [2.05, 4.69) is 82.0 Å². The lowest BCUT2D eigenvalue weighted by Crippen LogP contribution is -2.55. The lowest BCUT2D eigenvalue weighted by Gasteiger charge is -2.27. The number of carbonyl (C=O) groups excluding carboxylic acids is 15. The van der Waals surface area contributed by atoms with Gasteiger partial charge < -0.3 is 80.4 Å². The molecule has 6 atom stereocenters. The molecule has 31 nitrogen and oxygen atoms in total. The second-order valence-corrected chi connectivity index (χ2v) is 33.8. The van der Waals surface area contributed by atoms with Gasteiger partial charge in [0.2, 0.25) is 29.5 Å². The van der Waals surface area contributed by atoms with E-state index >= 15 is 0 Å². The van der Waals surface area contributed by atoms with Crippen molar-refractivity contribution in [2.24, 2.45) is 0 Å². The summed E-state index contributed by atoms with van der Waals surface area (Å²) in [6.07, 6.45) is 5.00. The van der Waals surface area contributed by atoms with Crippen LogP contribution in [0.2, 0.25) is 0 Å². The van der Waals surface area contributed by atoms with Crippen LogP contribution in [0.3, 0.4) is 0 Å². The smallest absolute Gasteiger partial charge is 0.408 e. The third-order valence-corrected chi connectivity index (χ3v) is 14.4. The molecule has 8 N–H and O–H groups in total. The highest BCUT2D eigenvalue weighted by atomic mass is 16.6. The van der Waals surface area contributed by atoms with Crippen molar-refractivity contribution in [1.29, 1.82) is 0 Å². The lowest BCUT2D eigenvalue weighted by molar-refractivity contribution is -0.162. The largest absolute Gasteiger partial charge is 0.460 e. The monoisotopic (exact) mass is 1610 g/mol. The molecule has 648 valence electrons. The number of esters is 5. The number of rotatable bonds is 44. The van der Waals surface area contributed by atoms with Gasteiger partial charge in [-0.1, -0.05) is 65.2 Å². The predicted octanol–water partition coefficient (Wildman–Crippen LogP) is 11.3. The number of allylic oxidation sites excluding steroid dienone is 2. The molecule has 0 unspecified atom stereocenters. The Morgan fingerprint density at radius 3 is 0.789 bits per heavy atom. The maximum Gasteiger partial charge on any atom is 0.408 e. The van der Waals surface area contributed by atoms with Crippen molar-refractivity contribution in [3.05, 3.63) is 72.9 Å². The molecule has 0 saturated carbocycles. The van der Waals surface area contributed by atoms with Crippen molar-refractivity contribution >= 4 is 89.2 Å². The summed E-state index contributed by atoms with van der Waals surface area (Å²) in [5.74, 6) is -6.03. The van der Waals surface area contributed by atoms with Crippen molar-refractivity contribution in [3.63, 3.8) is 0 Å². The Kier molecular flexibility index (Phi) is 50.1. The summed E-state index contributed by atoms with van der Waals surface area (Å²) in [5, 5.41) is 20.8. The zero-order valence-corrected chi connectivity index (χ0v) is 72.7. The summed E-state index contributed by atoms with van der Waals surface area (Å²) in [6.45, 7) is 61.1. The molecule has 0 aromatic carbocycles. The van der Waals surface area contributed by atoms with Gasteiger partial charge in [-0.05, 0) is 242 Å². The molecule has 0 radical (unpaired) electrons. The highest BCUT2D eigenvalue weighted by Gasteiger charge is 2.36. The molecule has 0 spiro atoms. The van der Waals surface area contributed by atoms with Gasteiger partial charge >= 0.3 is 48.1 Å². The summed E-state index contributed by atoms with van der Waals surface area (Å²) >= 11 is 0. The van der Waals surface area contributed by atoms with Crippen LogP contribution in [0.15, 0.2) is 72.9 Å². The predicted molar refractivity (Wildman–Crippen MR) is 434 cm³/mol. The van der Waals surface area contributed by atoms with Gasteiger partial charge in [-0.3, -0.25) is 33.6 Å². The van der Waals surface area contributed by atoms with E-state index in [1.165, 1.54) is 13.8 Å². The summed E-state index contributed by atoms with van der Waals surface area (Å²) in [4.78, 5) is 186. The third-order valence-electron chi connectivity index (χ3n) is 14.4. The molecule has 0 heterocycles. The molecule has 31 heteroatoms. The van der Waals surface area contributed by atoms with Crippen LogP contribution in [-0.4, -0.2) is 185 Å². The SMILES string of the molecule is C=C(C)C(=O)CCCCC[C@H](NC(=O)OC(C)(C)C)C(=O)N[C@@H](CCCCNC(=O)C(=C)C)C(=O)OC(C)(C)C.C=C(C)C(=O)CCCCC[C@H](NC(=O)OC(C)(C)C)C(=O)N[C@@H](COC(=O)C(=C)C)C(=O)OC(C)(C)C.C=C(C)C(=O)NCCCC[C@H](NC(=O)[C@H](COC(=O)C(=C)C)NC(=O)OC(C)(C)C)C(=O)OC(C)(C)C. The third kappa shape index (κ3) is 58.2. The van der Waals surface area contributed by atoms with Crippen molar-refractivity contribution in [2.45, 2.75) is 339 Å². The number of hydrogen-bond donors (Lipinski definition) is 8. The number of hydrogen-bond acceptors (Lipinski definition) is 23. The fourth-order valence-corrected chi connectivity index (χ4v) is 8.94. The van der Waals surface area contributed by atoms with Gasteiger partial charge in [0.15, 0.2) is 17.6 Å². The quantitative estimate of drug-likeness (QED) is 0.0122. The number of carbonyl (C=O) groups is 15. The van der Waals surface area contributed by atoms with E-state index in [9.17, 15) is 71.9 Å². The first-order valence-electron chi connectivity index (χ1n) is 38.4. The molecule has 0 aliphatic heterocycles. The van der Waals surface area contributed by atoms with Crippen LogP contribution in [0.1, 0.15) is 269 Å². The van der Waals surface area contributed by atoms with Crippen molar-refractivity contribution < 1.29 is 110 Å². The number of ether oxygens (including phenoxy) is 8. The Hall–Kier alpha value is -9.71. The fraction of sp³-hybridized carbons (Fsp3) is 0.675. The number of nitrogens with one attached hydrogen (secondary N) is 8. The first-order chi connectivity index (χ1) is 52.0. The normalized spacial score (nSPS) is 12.9. The Balaban J connectivity index is -0.00000162. The minimum absolute atomic E-state index is 0.000526. The number of amides is 8. The summed E-state index contributed by atoms with van der Waals surface area (Å²) < 4.78 is 42.3. The highest BCUT2D eigenvalue weighted by Crippen LogP contribution is 2.19. The van der Waals surface area contributed by atoms with Gasteiger partial charge in [-0.2, -0.15) is 0 Å². The van der Waals surface area contributed by atoms with Crippen LogP contribution in [0.4, 0.5) is 14.4 Å². The van der Waals surface area contributed by atoms with Gasteiger partial charge in [0, 0.05) is 48.2 Å². The molecule has 0 saturated heterocycles. The molecule has 114 heavy (non-hydrogen) atoms. The van der Waals surface area contributed by atoms with Crippen LogP contribution in [0.25, 0.3) is 0 Å². The second kappa shape index (κ2) is 52.6. The fourth-order valence-electron chi connectivity index (χ4n) is 8.94. The molecule has 8 amide bonds. The van der Waals surface area contributed by atoms with Gasteiger partial charge in [0.05, 0.1) is 0 Å². The maximum atomic E-state index is 13.3. The standard InChI is InChI=1S/C30H51N3O7.C27H44N2O8.C26H43N3O8/c1-20(2)24(34)18-13-11-12-16-22(33-28(38)40-30(8,9)10)26(36)32-23(27(37)39-29(5,6)7)17-14-15-19-31-25(35)21(3)4;1-17(2)21(30)15-13-11-12-14-19(29-25(34)37-27(8,9)10)22(31)28-20(16-35-23(32)18(3)4)24(33)36-26(5,6)7;1-16(2)20(30)27-14-12-11-13-18(23(33)36-25(5,6)7)28-21(31)19(15-35-22(32)17(3)4)29-24(34)37-26(8,9)10/h22-23H,1,3,11-19H2,2,4-10H3,(H,31,35)(H,32,36)(H,33,38);19-20H,1,3,11-16H2,2,4-10H3,(H,28,31)(H,29,34);18-19H,1,3,11-15H2,2,4-10H3,(H,27,30)(H,28,31)(H,29,34)/t22-,23-;19-,20-;18-,19-/m000/s1. The number of ketones is 2. The van der Waals surface area contributed by atoms with Crippen molar-refractivity contribution in [1.82, 2.24) is 42.5 Å².